The van der Waals surface area contributed by atoms with E-state index >= 15 is 0 Å². The summed E-state index contributed by atoms with van der Waals surface area (Å²) in [4.78, 5) is 16.7. The summed E-state index contributed by atoms with van der Waals surface area (Å²) in [6.07, 6.45) is 1.65. The number of rotatable bonds is 4. The monoisotopic (exact) mass is 355 g/mol. The number of nitrogens with zero attached hydrogens (tertiary/aromatic N) is 4. The van der Waals surface area contributed by atoms with Crippen LogP contribution >= 0.6 is 11.6 Å². The highest BCUT2D eigenvalue weighted by atomic mass is 35.5. The third kappa shape index (κ3) is 2.78. The highest BCUT2D eigenvalue weighted by Gasteiger charge is 2.17. The molecule has 0 saturated carbocycles. The van der Waals surface area contributed by atoms with Crippen molar-refractivity contribution in [3.63, 3.8) is 0 Å². The number of halogens is 2. The summed E-state index contributed by atoms with van der Waals surface area (Å²) in [5, 5.41) is 12.7. The van der Waals surface area contributed by atoms with E-state index in [9.17, 15) is 9.18 Å². The molecule has 1 N–H and O–H groups in total. The predicted molar refractivity (Wildman–Crippen MR) is 90.9 cm³/mol. The zero-order valence-corrected chi connectivity index (χ0v) is 13.5. The van der Waals surface area contributed by atoms with Crippen molar-refractivity contribution < 1.29 is 9.18 Å². The third-order valence-corrected chi connectivity index (χ3v) is 4.13. The van der Waals surface area contributed by atoms with Crippen LogP contribution in [-0.4, -0.2) is 31.0 Å². The van der Waals surface area contributed by atoms with Crippen LogP contribution in [0.1, 0.15) is 10.4 Å². The Morgan fingerprint density at radius 1 is 1.20 bits per heavy atom. The third-order valence-electron chi connectivity index (χ3n) is 3.81. The minimum atomic E-state index is -0.546. The standard InChI is InChI=1S/C17H11ClFN5O/c18-12-5-3-6-13(19)16(12)17-21-23-24(22-17)9-15(25)11-8-20-14-7-2-1-4-10(11)14/h1-8,20H,9H2. The second-order valence-corrected chi connectivity index (χ2v) is 5.82. The van der Waals surface area contributed by atoms with Crippen molar-refractivity contribution in [3.8, 4) is 11.4 Å². The molecule has 0 aliphatic carbocycles. The van der Waals surface area contributed by atoms with Gasteiger partial charge in [0.05, 0.1) is 10.6 Å². The zero-order valence-electron chi connectivity index (χ0n) is 12.8. The van der Waals surface area contributed by atoms with Gasteiger partial charge in [0.1, 0.15) is 12.4 Å². The highest BCUT2D eigenvalue weighted by Crippen LogP contribution is 2.27. The number of para-hydroxylation sites is 1. The van der Waals surface area contributed by atoms with Crippen LogP contribution < -0.4 is 0 Å². The maximum atomic E-state index is 13.9. The average molecular weight is 356 g/mol. The van der Waals surface area contributed by atoms with Gasteiger partial charge >= 0.3 is 0 Å². The zero-order chi connectivity index (χ0) is 17.4. The molecule has 4 aromatic rings. The molecular weight excluding hydrogens is 345 g/mol. The van der Waals surface area contributed by atoms with E-state index in [1.807, 2.05) is 24.3 Å². The van der Waals surface area contributed by atoms with E-state index in [2.05, 4.69) is 20.4 Å². The number of hydrogen-bond acceptors (Lipinski definition) is 4. The predicted octanol–water partition coefficient (Wildman–Crippen LogP) is 3.50. The smallest absolute Gasteiger partial charge is 0.209 e. The fourth-order valence-corrected chi connectivity index (χ4v) is 2.89. The van der Waals surface area contributed by atoms with E-state index in [0.29, 0.717) is 5.56 Å². The Morgan fingerprint density at radius 2 is 2.04 bits per heavy atom. The molecule has 0 amide bonds. The molecule has 124 valence electrons. The molecular formula is C17H11ClFN5O. The molecule has 0 aliphatic heterocycles. The lowest BCUT2D eigenvalue weighted by atomic mass is 10.1. The number of nitrogens with one attached hydrogen (secondary N) is 1. The molecule has 0 fully saturated rings. The maximum absolute atomic E-state index is 13.9. The summed E-state index contributed by atoms with van der Waals surface area (Å²) in [7, 11) is 0. The van der Waals surface area contributed by atoms with Crippen LogP contribution in [0.2, 0.25) is 5.02 Å². The van der Waals surface area contributed by atoms with Gasteiger partial charge in [-0.1, -0.05) is 35.9 Å². The highest BCUT2D eigenvalue weighted by molar-refractivity contribution is 6.33. The Morgan fingerprint density at radius 3 is 2.88 bits per heavy atom. The Labute approximate surface area is 146 Å². The lowest BCUT2D eigenvalue weighted by Gasteiger charge is -2.00. The Hall–Kier alpha value is -3.06. The molecule has 25 heavy (non-hydrogen) atoms. The first-order valence-electron chi connectivity index (χ1n) is 7.45. The van der Waals surface area contributed by atoms with Gasteiger partial charge in [0.15, 0.2) is 5.78 Å². The minimum Gasteiger partial charge on any atom is -0.360 e. The van der Waals surface area contributed by atoms with E-state index in [-0.39, 0.29) is 28.7 Å². The number of H-pyrrole nitrogens is 1. The van der Waals surface area contributed by atoms with Gasteiger partial charge in [-0.2, -0.15) is 4.80 Å². The van der Waals surface area contributed by atoms with Crippen LogP contribution in [0.15, 0.2) is 48.7 Å². The quantitative estimate of drug-likeness (QED) is 0.568. The summed E-state index contributed by atoms with van der Waals surface area (Å²) in [5.74, 6) is -0.689. The summed E-state index contributed by atoms with van der Waals surface area (Å²) >= 11 is 6.00. The second-order valence-electron chi connectivity index (χ2n) is 5.41. The SMILES string of the molecule is O=C(Cn1nnc(-c2c(F)cccc2Cl)n1)c1c[nH]c2ccccc12. The number of aromatic amines is 1. The van der Waals surface area contributed by atoms with Crippen molar-refractivity contribution in [3.05, 3.63) is 65.1 Å². The lowest BCUT2D eigenvalue weighted by molar-refractivity contribution is 0.0963. The molecule has 6 nitrogen and oxygen atoms in total. The Kier molecular flexibility index (Phi) is 3.77. The number of ketones is 1. The van der Waals surface area contributed by atoms with Gasteiger partial charge < -0.3 is 4.98 Å². The number of carbonyl (C=O) groups is 1. The minimum absolute atomic E-state index is 0.0369. The van der Waals surface area contributed by atoms with Gasteiger partial charge in [-0.3, -0.25) is 4.79 Å². The molecule has 2 aromatic carbocycles. The first kappa shape index (κ1) is 15.5. The molecule has 0 unspecified atom stereocenters. The van der Waals surface area contributed by atoms with Crippen molar-refractivity contribution in [2.75, 3.05) is 0 Å². The van der Waals surface area contributed by atoms with E-state index in [4.69, 9.17) is 11.6 Å². The van der Waals surface area contributed by atoms with Crippen LogP contribution in [0.5, 0.6) is 0 Å². The average Bonchev–Trinajstić information content (AvgIpc) is 3.21. The summed E-state index contributed by atoms with van der Waals surface area (Å²) in [6.45, 7) is -0.110. The van der Waals surface area contributed by atoms with E-state index in [0.717, 1.165) is 15.7 Å². The first-order valence-corrected chi connectivity index (χ1v) is 7.83. The van der Waals surface area contributed by atoms with Crippen LogP contribution in [0.4, 0.5) is 4.39 Å². The molecule has 4 rings (SSSR count). The lowest BCUT2D eigenvalue weighted by Crippen LogP contribution is -2.13. The van der Waals surface area contributed by atoms with Crippen LogP contribution in [0.3, 0.4) is 0 Å². The van der Waals surface area contributed by atoms with Gasteiger partial charge in [-0.05, 0) is 23.4 Å². The number of aromatic nitrogens is 5. The Bertz CT molecular complexity index is 1070. The summed E-state index contributed by atoms with van der Waals surface area (Å²) < 4.78 is 13.9. The number of benzene rings is 2. The molecule has 2 heterocycles. The molecule has 0 saturated heterocycles. The molecule has 0 bridgehead atoms. The van der Waals surface area contributed by atoms with Gasteiger partial charge in [0, 0.05) is 22.7 Å². The fourth-order valence-electron chi connectivity index (χ4n) is 2.64. The normalized spacial score (nSPS) is 11.1. The molecule has 8 heteroatoms. The van der Waals surface area contributed by atoms with E-state index in [1.54, 1.807) is 6.20 Å². The maximum Gasteiger partial charge on any atom is 0.209 e. The number of tetrazole rings is 1. The van der Waals surface area contributed by atoms with Gasteiger partial charge in [0.25, 0.3) is 0 Å². The molecule has 0 atom stereocenters. The van der Waals surface area contributed by atoms with Crippen molar-refractivity contribution in [2.24, 2.45) is 0 Å². The number of fused-ring (bicyclic) bond motifs is 1. The summed E-state index contributed by atoms with van der Waals surface area (Å²) in [6, 6.07) is 11.8. The van der Waals surface area contributed by atoms with Crippen LogP contribution in [0, 0.1) is 5.82 Å². The molecule has 0 aliphatic rings. The van der Waals surface area contributed by atoms with Gasteiger partial charge in [-0.15, -0.1) is 10.2 Å². The fraction of sp³-hybridized carbons (Fsp3) is 0.0588. The van der Waals surface area contributed by atoms with Crippen LogP contribution in [0.25, 0.3) is 22.3 Å². The largest absolute Gasteiger partial charge is 0.360 e. The van der Waals surface area contributed by atoms with Crippen molar-refractivity contribution in [1.82, 2.24) is 25.2 Å². The van der Waals surface area contributed by atoms with Crippen LogP contribution in [-0.2, 0) is 6.54 Å². The first-order chi connectivity index (χ1) is 12.1. The van der Waals surface area contributed by atoms with E-state index < -0.39 is 5.82 Å². The number of Topliss-reactive ketones (excluding diaryl/α,β-unsaturated/α-hetero) is 1. The van der Waals surface area contributed by atoms with Crippen molar-refractivity contribution in [2.45, 2.75) is 6.54 Å². The summed E-state index contributed by atoms with van der Waals surface area (Å²) in [5.41, 5.74) is 1.48. The van der Waals surface area contributed by atoms with Crippen molar-refractivity contribution in [1.29, 1.82) is 0 Å². The van der Waals surface area contributed by atoms with Crippen molar-refractivity contribution >= 4 is 28.3 Å². The molecule has 0 radical (unpaired) electrons. The molecule has 2 aromatic heterocycles. The number of carbonyl (C=O) groups excluding carboxylic acids is 1. The van der Waals surface area contributed by atoms with Gasteiger partial charge in [0.2, 0.25) is 5.82 Å². The molecule has 0 spiro atoms. The van der Waals surface area contributed by atoms with Gasteiger partial charge in [-0.25, -0.2) is 4.39 Å². The number of hydrogen-bond donors (Lipinski definition) is 1. The second kappa shape index (κ2) is 6.10. The Balaban J connectivity index is 1.62. The topological polar surface area (TPSA) is 76.5 Å². The van der Waals surface area contributed by atoms with E-state index in [1.165, 1.54) is 18.2 Å².